The first-order valence-corrected chi connectivity index (χ1v) is 16.8. The van der Waals surface area contributed by atoms with Gasteiger partial charge >= 0.3 is 15.6 Å². The summed E-state index contributed by atoms with van der Waals surface area (Å²) in [6.45, 7) is -0.947. The van der Waals surface area contributed by atoms with Crippen LogP contribution >= 0.6 is 15.6 Å². The number of anilines is 1. The highest BCUT2D eigenvalue weighted by Gasteiger charge is 2.46. The van der Waals surface area contributed by atoms with Gasteiger partial charge in [-0.05, 0) is 30.5 Å². The summed E-state index contributed by atoms with van der Waals surface area (Å²) >= 11 is 0. The maximum atomic E-state index is 12.3. The highest BCUT2D eigenvalue weighted by Crippen LogP contribution is 2.60. The van der Waals surface area contributed by atoms with Gasteiger partial charge in [-0.25, -0.2) is 14.1 Å². The molecule has 0 bridgehead atoms. The summed E-state index contributed by atoms with van der Waals surface area (Å²) in [5.74, 6) is -1.13. The fourth-order valence-electron chi connectivity index (χ4n) is 4.45. The number of hydrogen-bond donors (Lipinski definition) is 8. The van der Waals surface area contributed by atoms with Gasteiger partial charge in [0.15, 0.2) is 17.4 Å². The lowest BCUT2D eigenvalue weighted by Crippen LogP contribution is -2.33. The second-order valence-corrected chi connectivity index (χ2v) is 13.1. The number of nitrogens with one attached hydrogen (secondary N) is 2. The number of amides is 1. The fourth-order valence-corrected chi connectivity index (χ4v) is 6.57. The molecular weight excluding hydrogens is 672 g/mol. The number of aromatic amines is 1. The third kappa shape index (κ3) is 9.34. The van der Waals surface area contributed by atoms with Crippen molar-refractivity contribution in [2.24, 2.45) is 5.11 Å². The molecule has 24 heteroatoms. The summed E-state index contributed by atoms with van der Waals surface area (Å²) in [6.07, 6.45) is -3.19. The van der Waals surface area contributed by atoms with Gasteiger partial charge in [-0.2, -0.15) is 9.29 Å². The van der Waals surface area contributed by atoms with Crippen molar-refractivity contribution >= 4 is 44.4 Å². The van der Waals surface area contributed by atoms with E-state index in [-0.39, 0.29) is 53.7 Å². The van der Waals surface area contributed by atoms with Gasteiger partial charge in [0.25, 0.3) is 11.5 Å². The van der Waals surface area contributed by atoms with E-state index in [2.05, 4.69) is 34.6 Å². The summed E-state index contributed by atoms with van der Waals surface area (Å²) < 4.78 is 44.9. The molecule has 0 saturated carbocycles. The van der Waals surface area contributed by atoms with Crippen LogP contribution in [0.5, 0.6) is 5.75 Å². The van der Waals surface area contributed by atoms with Crippen LogP contribution in [0.15, 0.2) is 34.4 Å². The number of nitrogens with two attached hydrogens (primary N) is 1. The van der Waals surface area contributed by atoms with Crippen molar-refractivity contribution in [3.05, 3.63) is 50.9 Å². The maximum Gasteiger partial charge on any atom is 0.481 e. The second kappa shape index (κ2) is 15.3. The average Bonchev–Trinajstić information content (AvgIpc) is 3.53. The van der Waals surface area contributed by atoms with Gasteiger partial charge in [-0.15, -0.1) is 0 Å². The summed E-state index contributed by atoms with van der Waals surface area (Å²) in [5.41, 5.74) is 13.3. The highest BCUT2D eigenvalue weighted by molar-refractivity contribution is 7.61. The Kier molecular flexibility index (Phi) is 11.7. The van der Waals surface area contributed by atoms with E-state index < -0.39 is 58.3 Å². The van der Waals surface area contributed by atoms with E-state index in [0.29, 0.717) is 19.3 Å². The third-order valence-corrected chi connectivity index (χ3v) is 9.30. The number of aliphatic hydroxyl groups excluding tert-OH is 2. The number of benzene rings is 1. The van der Waals surface area contributed by atoms with Crippen LogP contribution in [0.2, 0.25) is 0 Å². The minimum absolute atomic E-state index is 0.00143. The molecule has 256 valence electrons. The summed E-state index contributed by atoms with van der Waals surface area (Å²) in [4.78, 5) is 56.7. The zero-order chi connectivity index (χ0) is 34.4. The van der Waals surface area contributed by atoms with E-state index in [0.717, 1.165) is 17.0 Å². The molecule has 0 radical (unpaired) electrons. The Bertz CT molecular complexity index is 1800. The number of nitrogens with zero attached hydrogens (tertiary/aromatic N) is 6. The van der Waals surface area contributed by atoms with E-state index in [9.17, 15) is 43.8 Å². The smallest absolute Gasteiger partial charge is 0.481 e. The van der Waals surface area contributed by atoms with E-state index in [4.69, 9.17) is 25.0 Å². The molecule has 1 aliphatic rings. The normalized spacial score (nSPS) is 22.0. The van der Waals surface area contributed by atoms with Gasteiger partial charge in [0.1, 0.15) is 24.1 Å². The van der Waals surface area contributed by atoms with Crippen molar-refractivity contribution in [1.82, 2.24) is 24.8 Å². The average molecular weight is 703 g/mol. The van der Waals surface area contributed by atoms with Gasteiger partial charge in [0.05, 0.1) is 25.1 Å². The Morgan fingerprint density at radius 3 is 2.62 bits per heavy atom. The number of phosphoric acid groups is 2. The van der Waals surface area contributed by atoms with E-state index in [1.807, 2.05) is 0 Å². The predicted octanol–water partition coefficient (Wildman–Crippen LogP) is 1.21. The zero-order valence-electron chi connectivity index (χ0n) is 24.2. The molecule has 1 saturated heterocycles. The molecule has 9 N–H and O–H groups in total. The number of phosphoric ester groups is 2. The predicted molar refractivity (Wildman–Crippen MR) is 159 cm³/mol. The van der Waals surface area contributed by atoms with E-state index >= 15 is 0 Å². The Labute approximate surface area is 263 Å². The lowest BCUT2D eigenvalue weighted by Gasteiger charge is -2.19. The van der Waals surface area contributed by atoms with Gasteiger partial charge < -0.3 is 40.9 Å². The first-order chi connectivity index (χ1) is 22.2. The van der Waals surface area contributed by atoms with Crippen LogP contribution in [0.25, 0.3) is 21.6 Å². The SMILES string of the molecule is [N-]=[N+]=Nc1ccc(C(=O)NCCCCCCOP(=O)(O)OP(=O)(O)OC[C@H]2O[C@@H](n3cnc4c(=O)[nH]c(N)nc43)[C@H](O)[C@@H]2O)c(O)c1. The van der Waals surface area contributed by atoms with Crippen LogP contribution in [0.3, 0.4) is 0 Å². The molecule has 1 aliphatic heterocycles. The zero-order valence-corrected chi connectivity index (χ0v) is 26.0. The van der Waals surface area contributed by atoms with Crippen molar-refractivity contribution in [2.45, 2.75) is 50.2 Å². The number of aliphatic hydroxyl groups is 2. The third-order valence-electron chi connectivity index (χ3n) is 6.67. The minimum Gasteiger partial charge on any atom is -0.507 e. The molecule has 3 heterocycles. The molecule has 4 rings (SSSR count). The topological polar surface area (TPSA) is 340 Å². The number of rotatable bonds is 16. The van der Waals surface area contributed by atoms with Gasteiger partial charge in [-0.1, -0.05) is 24.0 Å². The monoisotopic (exact) mass is 703 g/mol. The number of H-pyrrole nitrogens is 1. The molecule has 22 nitrogen and oxygen atoms in total. The largest absolute Gasteiger partial charge is 0.507 e. The molecule has 1 fully saturated rings. The van der Waals surface area contributed by atoms with Crippen LogP contribution in [-0.4, -0.2) is 88.6 Å². The van der Waals surface area contributed by atoms with Crippen molar-refractivity contribution < 1.29 is 57.1 Å². The number of azide groups is 1. The number of aromatic hydroxyl groups is 1. The number of carbonyl (C=O) groups excluding carboxylic acids is 1. The molecule has 6 atom stereocenters. The van der Waals surface area contributed by atoms with E-state index in [1.54, 1.807) is 0 Å². The molecule has 47 heavy (non-hydrogen) atoms. The molecule has 3 aromatic rings. The number of phenolic OH excluding ortho intramolecular Hbond substituents is 1. The number of hydrogen-bond acceptors (Lipinski definition) is 15. The standard InChI is InChI=1S/C23H31N9O13P2/c24-23-28-19-16(21(37)29-23)27-11-32(19)22-18(35)17(34)15(44-22)10-43-47(40,41)45-46(38,39)42-8-4-2-1-3-7-26-20(36)13-6-5-12(30-31-25)9-14(13)33/h5-6,9,11,15,17-18,22,33-35H,1-4,7-8,10H2,(H,26,36)(H,38,39)(H,40,41)(H3,24,28,29,37)/t15-,17-,18-,22-/m1/s1. The maximum absolute atomic E-state index is 12.3. The number of phenols is 1. The summed E-state index contributed by atoms with van der Waals surface area (Å²) in [7, 11) is -10.3. The van der Waals surface area contributed by atoms with Crippen molar-refractivity contribution in [3.63, 3.8) is 0 Å². The number of ether oxygens (including phenoxy) is 1. The van der Waals surface area contributed by atoms with Crippen LogP contribution in [0.1, 0.15) is 42.3 Å². The number of aromatic nitrogens is 4. The first-order valence-electron chi connectivity index (χ1n) is 13.8. The quantitative estimate of drug-likeness (QED) is 0.0341. The van der Waals surface area contributed by atoms with Gasteiger partial charge in [0, 0.05) is 17.1 Å². The lowest BCUT2D eigenvalue weighted by atomic mass is 10.1. The fraction of sp³-hybridized carbons (Fsp3) is 0.478. The van der Waals surface area contributed by atoms with Gasteiger partial charge in [-0.3, -0.25) is 28.2 Å². The Morgan fingerprint density at radius 2 is 1.89 bits per heavy atom. The second-order valence-electron chi connectivity index (χ2n) is 10.0. The molecule has 2 unspecified atom stereocenters. The molecular formula is C23H31N9O13P2. The summed E-state index contributed by atoms with van der Waals surface area (Å²) in [5, 5.41) is 36.7. The molecule has 0 spiro atoms. The number of nitrogen functional groups attached to an aromatic ring is 1. The Balaban J connectivity index is 1.15. The van der Waals surface area contributed by atoms with Crippen molar-refractivity contribution in [3.8, 4) is 5.75 Å². The molecule has 1 amide bonds. The Morgan fingerprint density at radius 1 is 1.17 bits per heavy atom. The van der Waals surface area contributed by atoms with Crippen LogP contribution in [-0.2, 0) is 27.2 Å². The van der Waals surface area contributed by atoms with Crippen LogP contribution < -0.4 is 16.6 Å². The minimum atomic E-state index is -5.24. The molecule has 2 aromatic heterocycles. The lowest BCUT2D eigenvalue weighted by molar-refractivity contribution is -0.0504. The van der Waals surface area contributed by atoms with E-state index in [1.165, 1.54) is 12.1 Å². The highest BCUT2D eigenvalue weighted by atomic mass is 31.3. The molecule has 0 aliphatic carbocycles. The Hall–Kier alpha value is -3.91. The van der Waals surface area contributed by atoms with Crippen LogP contribution in [0, 0.1) is 0 Å². The van der Waals surface area contributed by atoms with Crippen molar-refractivity contribution in [1.29, 1.82) is 0 Å². The van der Waals surface area contributed by atoms with Crippen LogP contribution in [0.4, 0.5) is 11.6 Å². The van der Waals surface area contributed by atoms with Crippen molar-refractivity contribution in [2.75, 3.05) is 25.5 Å². The molecule has 1 aromatic carbocycles. The van der Waals surface area contributed by atoms with Gasteiger partial charge in [0.2, 0.25) is 5.95 Å². The summed E-state index contributed by atoms with van der Waals surface area (Å²) in [6, 6.07) is 3.84. The number of carbonyl (C=O) groups is 1. The number of unbranched alkanes of at least 4 members (excludes halogenated alkanes) is 3. The number of imidazole rings is 1. The first kappa shape index (κ1) is 35.9. The number of fused-ring (bicyclic) bond motifs is 1.